The van der Waals surface area contributed by atoms with Crippen molar-refractivity contribution >= 4 is 17.6 Å². The van der Waals surface area contributed by atoms with E-state index < -0.39 is 5.97 Å². The van der Waals surface area contributed by atoms with Gasteiger partial charge >= 0.3 is 5.97 Å². The number of halogens is 1. The number of aryl methyl sites for hydroxylation is 1. The van der Waals surface area contributed by atoms with Gasteiger partial charge in [-0.05, 0) is 43.2 Å². The third-order valence-electron chi connectivity index (χ3n) is 5.15. The standard InChI is InChI=1S/C21H26FN3O3/c1-4-5-17-18(21(27)28-3)14(2)23-19(17)20(26)25-12-10-24(11-13-25)16-8-6-15(22)7-9-16/h6-9,23H,4-5,10-13H2,1-3H3. The lowest BCUT2D eigenvalue weighted by atomic mass is 10.0. The third-order valence-corrected chi connectivity index (χ3v) is 5.15. The molecule has 1 N–H and O–H groups in total. The quantitative estimate of drug-likeness (QED) is 0.801. The molecule has 1 aliphatic heterocycles. The minimum Gasteiger partial charge on any atom is -0.465 e. The van der Waals surface area contributed by atoms with Crippen molar-refractivity contribution < 1.29 is 18.7 Å². The Morgan fingerprint density at radius 2 is 1.79 bits per heavy atom. The molecular formula is C21H26FN3O3. The van der Waals surface area contributed by atoms with Gasteiger partial charge in [-0.15, -0.1) is 0 Å². The van der Waals surface area contributed by atoms with E-state index in [1.165, 1.54) is 19.2 Å². The molecule has 2 aromatic rings. The van der Waals surface area contributed by atoms with E-state index >= 15 is 0 Å². The fourth-order valence-electron chi connectivity index (χ4n) is 3.72. The van der Waals surface area contributed by atoms with Crippen molar-refractivity contribution in [2.24, 2.45) is 0 Å². The van der Waals surface area contributed by atoms with Crippen molar-refractivity contribution in [3.8, 4) is 0 Å². The number of hydrogen-bond donors (Lipinski definition) is 1. The lowest BCUT2D eigenvalue weighted by molar-refractivity contribution is 0.0599. The summed E-state index contributed by atoms with van der Waals surface area (Å²) < 4.78 is 18.0. The second-order valence-corrected chi connectivity index (χ2v) is 6.98. The Bertz CT molecular complexity index is 853. The average Bonchev–Trinajstić information content (AvgIpc) is 3.04. The number of nitrogens with one attached hydrogen (secondary N) is 1. The first-order valence-corrected chi connectivity index (χ1v) is 9.55. The van der Waals surface area contributed by atoms with Gasteiger partial charge in [-0.25, -0.2) is 9.18 Å². The second-order valence-electron chi connectivity index (χ2n) is 6.98. The van der Waals surface area contributed by atoms with Crippen LogP contribution in [-0.2, 0) is 11.2 Å². The number of rotatable bonds is 5. The van der Waals surface area contributed by atoms with E-state index in [0.717, 1.165) is 17.7 Å². The Balaban J connectivity index is 1.76. The van der Waals surface area contributed by atoms with E-state index in [9.17, 15) is 14.0 Å². The summed E-state index contributed by atoms with van der Waals surface area (Å²) in [5.41, 5.74) is 3.29. The minimum absolute atomic E-state index is 0.0968. The molecule has 7 heteroatoms. The maximum absolute atomic E-state index is 13.1. The van der Waals surface area contributed by atoms with Gasteiger partial charge in [-0.1, -0.05) is 13.3 Å². The van der Waals surface area contributed by atoms with Crippen LogP contribution in [0.4, 0.5) is 10.1 Å². The van der Waals surface area contributed by atoms with Crippen molar-refractivity contribution in [1.82, 2.24) is 9.88 Å². The van der Waals surface area contributed by atoms with Crippen molar-refractivity contribution in [2.45, 2.75) is 26.7 Å². The van der Waals surface area contributed by atoms with Crippen molar-refractivity contribution in [3.05, 3.63) is 52.6 Å². The Kier molecular flexibility index (Phi) is 6.02. The number of ether oxygens (including phenoxy) is 1. The molecule has 0 spiro atoms. The zero-order valence-electron chi connectivity index (χ0n) is 16.5. The van der Waals surface area contributed by atoms with Gasteiger partial charge in [0.2, 0.25) is 0 Å². The first-order valence-electron chi connectivity index (χ1n) is 9.55. The molecule has 1 aromatic heterocycles. The summed E-state index contributed by atoms with van der Waals surface area (Å²) in [7, 11) is 1.35. The van der Waals surface area contributed by atoms with Gasteiger partial charge in [0.1, 0.15) is 11.5 Å². The highest BCUT2D eigenvalue weighted by Gasteiger charge is 2.29. The summed E-state index contributed by atoms with van der Waals surface area (Å²) in [6.45, 7) is 6.27. The van der Waals surface area contributed by atoms with Crippen LogP contribution in [0.5, 0.6) is 0 Å². The Morgan fingerprint density at radius 1 is 1.14 bits per heavy atom. The predicted octanol–water partition coefficient (Wildman–Crippen LogP) is 3.16. The number of nitrogens with zero attached hydrogens (tertiary/aromatic N) is 2. The second kappa shape index (κ2) is 8.46. The van der Waals surface area contributed by atoms with Crippen LogP contribution in [0.3, 0.4) is 0 Å². The number of H-pyrrole nitrogens is 1. The van der Waals surface area contributed by atoms with Gasteiger partial charge in [0.05, 0.1) is 12.7 Å². The number of carbonyl (C=O) groups is 2. The van der Waals surface area contributed by atoms with E-state index in [-0.39, 0.29) is 11.7 Å². The maximum atomic E-state index is 13.1. The number of hydrogen-bond acceptors (Lipinski definition) is 4. The molecule has 0 aliphatic carbocycles. The number of piperazine rings is 1. The molecule has 0 unspecified atom stereocenters. The van der Waals surface area contributed by atoms with Gasteiger partial charge < -0.3 is 19.5 Å². The first-order chi connectivity index (χ1) is 13.5. The van der Waals surface area contributed by atoms with Crippen LogP contribution in [0.25, 0.3) is 0 Å². The van der Waals surface area contributed by atoms with Crippen molar-refractivity contribution in [3.63, 3.8) is 0 Å². The normalized spacial score (nSPS) is 14.3. The molecule has 1 aromatic carbocycles. The van der Waals surface area contributed by atoms with E-state index in [4.69, 9.17) is 4.74 Å². The molecule has 0 radical (unpaired) electrons. The molecular weight excluding hydrogens is 361 g/mol. The van der Waals surface area contributed by atoms with E-state index in [2.05, 4.69) is 9.88 Å². The zero-order valence-corrected chi connectivity index (χ0v) is 16.5. The van der Waals surface area contributed by atoms with E-state index in [1.54, 1.807) is 24.0 Å². The molecule has 0 saturated carbocycles. The van der Waals surface area contributed by atoms with Crippen molar-refractivity contribution in [1.29, 1.82) is 0 Å². The number of aromatic nitrogens is 1. The summed E-state index contributed by atoms with van der Waals surface area (Å²) >= 11 is 0. The molecule has 2 heterocycles. The number of esters is 1. The summed E-state index contributed by atoms with van der Waals surface area (Å²) in [5, 5.41) is 0. The number of methoxy groups -OCH3 is 1. The highest BCUT2D eigenvalue weighted by Crippen LogP contribution is 2.24. The third kappa shape index (κ3) is 3.88. The number of amides is 1. The molecule has 6 nitrogen and oxygen atoms in total. The van der Waals surface area contributed by atoms with E-state index in [0.29, 0.717) is 49.6 Å². The smallest absolute Gasteiger partial charge is 0.339 e. The van der Waals surface area contributed by atoms with Gasteiger partial charge in [0, 0.05) is 37.6 Å². The zero-order chi connectivity index (χ0) is 20.3. The largest absolute Gasteiger partial charge is 0.465 e. The number of aromatic amines is 1. The first kappa shape index (κ1) is 19.9. The number of benzene rings is 1. The lowest BCUT2D eigenvalue weighted by Gasteiger charge is -2.36. The highest BCUT2D eigenvalue weighted by atomic mass is 19.1. The molecule has 3 rings (SSSR count). The molecule has 28 heavy (non-hydrogen) atoms. The number of carbonyl (C=O) groups excluding carboxylic acids is 2. The van der Waals surface area contributed by atoms with Crippen LogP contribution in [0.1, 0.15) is 45.4 Å². The van der Waals surface area contributed by atoms with Crippen molar-refractivity contribution in [2.75, 3.05) is 38.2 Å². The molecule has 150 valence electrons. The van der Waals surface area contributed by atoms with Gasteiger partial charge in [-0.3, -0.25) is 4.79 Å². The van der Waals surface area contributed by atoms with Crippen LogP contribution in [0.2, 0.25) is 0 Å². The summed E-state index contributed by atoms with van der Waals surface area (Å²) in [4.78, 5) is 32.3. The Labute approximate surface area is 164 Å². The van der Waals surface area contributed by atoms with Crippen LogP contribution in [0.15, 0.2) is 24.3 Å². The van der Waals surface area contributed by atoms with Crippen LogP contribution in [-0.4, -0.2) is 55.0 Å². The SMILES string of the molecule is CCCc1c(C(=O)N2CCN(c3ccc(F)cc3)CC2)[nH]c(C)c1C(=O)OC. The van der Waals surface area contributed by atoms with Gasteiger partial charge in [-0.2, -0.15) is 0 Å². The summed E-state index contributed by atoms with van der Waals surface area (Å²) in [6.07, 6.45) is 1.45. The van der Waals surface area contributed by atoms with Crippen LogP contribution >= 0.6 is 0 Å². The van der Waals surface area contributed by atoms with Gasteiger partial charge in [0.25, 0.3) is 5.91 Å². The Morgan fingerprint density at radius 3 is 2.36 bits per heavy atom. The number of anilines is 1. The minimum atomic E-state index is -0.419. The molecule has 0 atom stereocenters. The van der Waals surface area contributed by atoms with Crippen LogP contribution in [0, 0.1) is 12.7 Å². The average molecular weight is 387 g/mol. The lowest BCUT2D eigenvalue weighted by Crippen LogP contribution is -2.49. The molecule has 1 aliphatic rings. The summed E-state index contributed by atoms with van der Waals surface area (Å²) in [5.74, 6) is -0.776. The molecule has 1 fully saturated rings. The van der Waals surface area contributed by atoms with E-state index in [1.807, 2.05) is 6.92 Å². The highest BCUT2D eigenvalue weighted by molar-refractivity contribution is 6.00. The molecule has 1 amide bonds. The maximum Gasteiger partial charge on any atom is 0.339 e. The Hall–Kier alpha value is -2.83. The topological polar surface area (TPSA) is 65.6 Å². The van der Waals surface area contributed by atoms with Gasteiger partial charge in [0.15, 0.2) is 0 Å². The monoisotopic (exact) mass is 387 g/mol. The van der Waals surface area contributed by atoms with Crippen LogP contribution < -0.4 is 4.90 Å². The molecule has 1 saturated heterocycles. The predicted molar refractivity (Wildman–Crippen MR) is 105 cm³/mol. The summed E-state index contributed by atoms with van der Waals surface area (Å²) in [6, 6.07) is 6.39. The molecule has 0 bridgehead atoms. The fourth-order valence-corrected chi connectivity index (χ4v) is 3.72. The fraction of sp³-hybridized carbons (Fsp3) is 0.429.